The zero-order chi connectivity index (χ0) is 50.1. The molecule has 22 heteroatoms. The average molecular weight is 1020 g/mol. The molecule has 4 aliphatic heterocycles. The summed E-state index contributed by atoms with van der Waals surface area (Å²) in [6.07, 6.45) is 0. The summed E-state index contributed by atoms with van der Waals surface area (Å²) in [6, 6.07) is 17.9. The zero-order valence-electron chi connectivity index (χ0n) is 38.0. The second kappa shape index (κ2) is 20.8. The third-order valence-electron chi connectivity index (χ3n) is 12.9. The third kappa shape index (κ3) is 9.78. The van der Waals surface area contributed by atoms with Crippen LogP contribution in [0.4, 0.5) is 54.3 Å². The van der Waals surface area contributed by atoms with E-state index in [1.807, 2.05) is 0 Å². The van der Waals surface area contributed by atoms with Crippen LogP contribution in [0.15, 0.2) is 92.0 Å². The van der Waals surface area contributed by atoms with Crippen molar-refractivity contribution in [2.24, 2.45) is 0 Å². The molecule has 370 valence electrons. The first-order valence-electron chi connectivity index (χ1n) is 22.6. The number of phenolic OH excluding ortho intramolecular Hbond substituents is 1. The van der Waals surface area contributed by atoms with E-state index in [4.69, 9.17) is 37.4 Å². The molecule has 71 heavy (non-hydrogen) atoms. The lowest BCUT2D eigenvalue weighted by atomic mass is 10.1. The molecule has 6 aromatic carbocycles. The van der Waals surface area contributed by atoms with Crippen molar-refractivity contribution in [1.82, 2.24) is 19.6 Å². The average Bonchev–Trinajstić information content (AvgIpc) is 3.40. The molecular weight excluding hydrogens is 969 g/mol. The molecule has 4 saturated heterocycles. The molecule has 4 aliphatic rings. The number of para-hydroxylation sites is 2. The molecule has 2 atom stereocenters. The van der Waals surface area contributed by atoms with Crippen LogP contribution in [0.2, 0.25) is 10.0 Å². The highest BCUT2D eigenvalue weighted by molar-refractivity contribution is 6.34. The molecular formula is C49H46Cl2F2N8O10. The van der Waals surface area contributed by atoms with Gasteiger partial charge in [0.1, 0.15) is 34.4 Å². The number of nitrogens with one attached hydrogen (secondary N) is 4. The molecule has 2 amide bonds. The molecule has 4 heterocycles. The minimum atomic E-state index is -0.815. The van der Waals surface area contributed by atoms with Crippen LogP contribution in [0.1, 0.15) is 20.7 Å². The highest BCUT2D eigenvalue weighted by Crippen LogP contribution is 2.37. The topological polar surface area (TPSA) is 211 Å². The Bertz CT molecular complexity index is 3180. The van der Waals surface area contributed by atoms with Gasteiger partial charge in [0, 0.05) is 52.4 Å². The highest BCUT2D eigenvalue weighted by atomic mass is 35.5. The first kappa shape index (κ1) is 49.1. The number of rotatable bonds is 11. The number of anilines is 8. The first-order chi connectivity index (χ1) is 34.2. The minimum absolute atomic E-state index is 0.0313. The molecule has 0 spiro atoms. The Morgan fingerprint density at radius 3 is 1.45 bits per heavy atom. The predicted molar refractivity (Wildman–Crippen MR) is 264 cm³/mol. The number of piperazine rings is 2. The fraction of sp³-hybridized carbons (Fsp3) is 0.306. The summed E-state index contributed by atoms with van der Waals surface area (Å²) in [5.74, 6) is -1.99. The van der Waals surface area contributed by atoms with Crippen LogP contribution >= 0.6 is 23.2 Å². The number of amides is 2. The van der Waals surface area contributed by atoms with Gasteiger partial charge in [0.15, 0.2) is 11.5 Å². The number of hydrogen-bond donors (Lipinski definition) is 5. The summed E-state index contributed by atoms with van der Waals surface area (Å²) in [5, 5.41) is 21.5. The Kier molecular flexibility index (Phi) is 14.4. The standard InChI is InChI=1S/C25H24ClFN4O5.C24H22ClFN4O5/c1-35-24-15(25(34)31-9-8-30-10-11-36-13-14(30)12-31)4-2-7-18(24)29-21-20(22(32)23(21)33)28-17-6-3-5-16(27)19(17)26;25-18-15(26)4-2-5-16(18)27-19-20(23(33)22(19)32)28-17-6-1-3-14(21(17)31)24(34)30-8-7-29-9-10-35-12-13(29)11-30/h2-7,14,28-29H,8-13H2,1H3;1-6,13,27-28,31H,7-12H2. The lowest BCUT2D eigenvalue weighted by Crippen LogP contribution is -2.59. The summed E-state index contributed by atoms with van der Waals surface area (Å²) in [4.78, 5) is 83.7. The Hall–Kier alpha value is -6.94. The van der Waals surface area contributed by atoms with E-state index >= 15 is 0 Å². The van der Waals surface area contributed by atoms with E-state index < -0.39 is 33.3 Å². The summed E-state index contributed by atoms with van der Waals surface area (Å²) < 4.78 is 44.2. The minimum Gasteiger partial charge on any atom is -0.505 e. The van der Waals surface area contributed by atoms with E-state index in [1.54, 1.807) is 34.1 Å². The van der Waals surface area contributed by atoms with Gasteiger partial charge in [-0.1, -0.05) is 47.5 Å². The van der Waals surface area contributed by atoms with Crippen LogP contribution in [-0.2, 0) is 9.47 Å². The van der Waals surface area contributed by atoms with Gasteiger partial charge in [-0.15, -0.1) is 0 Å². The van der Waals surface area contributed by atoms with Crippen LogP contribution in [-0.4, -0.2) is 134 Å². The second-order valence-corrected chi connectivity index (χ2v) is 17.9. The molecule has 0 saturated carbocycles. The quantitative estimate of drug-likeness (QED) is 0.0839. The predicted octanol–water partition coefficient (Wildman–Crippen LogP) is 5.15. The Morgan fingerprint density at radius 2 is 0.972 bits per heavy atom. The van der Waals surface area contributed by atoms with Gasteiger partial charge in [0.2, 0.25) is 0 Å². The van der Waals surface area contributed by atoms with E-state index in [-0.39, 0.29) is 90.8 Å². The van der Waals surface area contributed by atoms with Crippen molar-refractivity contribution in [2.45, 2.75) is 12.1 Å². The van der Waals surface area contributed by atoms with Crippen LogP contribution in [0, 0.1) is 11.6 Å². The summed E-state index contributed by atoms with van der Waals surface area (Å²) in [6.45, 7) is 7.81. The van der Waals surface area contributed by atoms with E-state index in [0.717, 1.165) is 32.2 Å². The molecule has 4 fully saturated rings. The molecule has 0 aromatic heterocycles. The number of methoxy groups -OCH3 is 1. The van der Waals surface area contributed by atoms with Crippen LogP contribution < -0.4 is 47.7 Å². The van der Waals surface area contributed by atoms with Crippen molar-refractivity contribution in [2.75, 3.05) is 107 Å². The number of morpholine rings is 2. The summed E-state index contributed by atoms with van der Waals surface area (Å²) >= 11 is 11.9. The molecule has 0 aliphatic carbocycles. The smallest absolute Gasteiger partial charge is 0.257 e. The van der Waals surface area contributed by atoms with E-state index in [9.17, 15) is 42.7 Å². The first-order valence-corrected chi connectivity index (χ1v) is 23.3. The van der Waals surface area contributed by atoms with E-state index in [1.165, 1.54) is 49.6 Å². The van der Waals surface area contributed by atoms with Crippen molar-refractivity contribution in [3.63, 3.8) is 0 Å². The molecule has 0 radical (unpaired) electrons. The van der Waals surface area contributed by atoms with Gasteiger partial charge in [0.05, 0.1) is 89.5 Å². The van der Waals surface area contributed by atoms with Gasteiger partial charge < -0.3 is 50.4 Å². The van der Waals surface area contributed by atoms with Crippen molar-refractivity contribution >= 4 is 80.5 Å². The van der Waals surface area contributed by atoms with Gasteiger partial charge in [0.25, 0.3) is 33.5 Å². The molecule has 10 rings (SSSR count). The van der Waals surface area contributed by atoms with Crippen molar-refractivity contribution in [3.8, 4) is 11.5 Å². The number of ether oxygens (including phenoxy) is 3. The lowest BCUT2D eigenvalue weighted by molar-refractivity contribution is -0.0396. The maximum atomic E-state index is 13.8. The zero-order valence-corrected chi connectivity index (χ0v) is 39.5. The molecule has 2 unspecified atom stereocenters. The van der Waals surface area contributed by atoms with Crippen LogP contribution in [0.25, 0.3) is 0 Å². The van der Waals surface area contributed by atoms with Gasteiger partial charge >= 0.3 is 0 Å². The van der Waals surface area contributed by atoms with Crippen LogP contribution in [0.3, 0.4) is 0 Å². The fourth-order valence-electron chi connectivity index (χ4n) is 9.04. The Morgan fingerprint density at radius 1 is 0.577 bits per heavy atom. The van der Waals surface area contributed by atoms with Crippen molar-refractivity contribution in [1.29, 1.82) is 0 Å². The van der Waals surface area contributed by atoms with E-state index in [2.05, 4.69) is 31.1 Å². The molecule has 5 N–H and O–H groups in total. The SMILES string of the molecule is COc1c(Nc2c(Nc3cccc(F)c3Cl)c(=O)c2=O)cccc1C(=O)N1CCN2CCOCC2C1.O=C(c1cccc(Nc2c(Nc3cccc(F)c3Cl)c(=O)c2=O)c1O)N1CCN2CCOCC2C1. The number of phenols is 1. The monoisotopic (exact) mass is 1010 g/mol. The third-order valence-corrected chi connectivity index (χ3v) is 13.7. The van der Waals surface area contributed by atoms with E-state index in [0.29, 0.717) is 63.9 Å². The summed E-state index contributed by atoms with van der Waals surface area (Å²) in [7, 11) is 1.43. The second-order valence-electron chi connectivity index (χ2n) is 17.1. The largest absolute Gasteiger partial charge is 0.505 e. The highest BCUT2D eigenvalue weighted by Gasteiger charge is 2.35. The number of halogens is 4. The molecule has 0 bridgehead atoms. The number of carbonyl (C=O) groups excluding carboxylic acids is 2. The van der Waals surface area contributed by atoms with Gasteiger partial charge in [-0.05, 0) is 48.5 Å². The maximum absolute atomic E-state index is 13.8. The summed E-state index contributed by atoms with van der Waals surface area (Å²) in [5.41, 5.74) is -2.40. The Labute approximate surface area is 413 Å². The maximum Gasteiger partial charge on any atom is 0.257 e. The van der Waals surface area contributed by atoms with Gasteiger partial charge in [-0.25, -0.2) is 8.78 Å². The number of fused-ring (bicyclic) bond motifs is 2. The number of aromatic hydroxyl groups is 1. The number of carbonyl (C=O) groups is 2. The normalized spacial score (nSPS) is 18.2. The van der Waals surface area contributed by atoms with Crippen molar-refractivity contribution < 1.29 is 37.7 Å². The van der Waals surface area contributed by atoms with Crippen molar-refractivity contribution in [3.05, 3.63) is 146 Å². The number of nitrogens with zero attached hydrogens (tertiary/aromatic N) is 4. The van der Waals surface area contributed by atoms with Crippen LogP contribution in [0.5, 0.6) is 11.5 Å². The van der Waals surface area contributed by atoms with Gasteiger partial charge in [-0.2, -0.15) is 0 Å². The fourth-order valence-corrected chi connectivity index (χ4v) is 9.39. The van der Waals surface area contributed by atoms with Gasteiger partial charge in [-0.3, -0.25) is 38.6 Å². The number of benzene rings is 4. The molecule has 6 aromatic rings. The Balaban J connectivity index is 0.000000176. The lowest BCUT2D eigenvalue weighted by Gasteiger charge is -2.43. The molecule has 18 nitrogen and oxygen atoms in total. The number of hydrogen-bond acceptors (Lipinski definition) is 16.